The number of para-hydroxylation sites is 1. The predicted molar refractivity (Wildman–Crippen MR) is 68.5 cm³/mol. The summed E-state index contributed by atoms with van der Waals surface area (Å²) in [5.74, 6) is 0.971. The summed E-state index contributed by atoms with van der Waals surface area (Å²) in [6.07, 6.45) is 4.44. The number of benzene rings is 1. The molecule has 0 saturated carbocycles. The van der Waals surface area contributed by atoms with Crippen molar-refractivity contribution in [1.29, 1.82) is 0 Å². The van der Waals surface area contributed by atoms with E-state index in [4.69, 9.17) is 4.74 Å². The molecule has 4 heteroatoms. The van der Waals surface area contributed by atoms with Crippen molar-refractivity contribution in [3.05, 3.63) is 42.4 Å². The molecule has 0 unspecified atom stereocenters. The Morgan fingerprint density at radius 2 is 2.17 bits per heavy atom. The average molecular weight is 237 g/mol. The van der Waals surface area contributed by atoms with Gasteiger partial charge in [0.1, 0.15) is 17.7 Å². The van der Waals surface area contributed by atoms with Crippen molar-refractivity contribution < 1.29 is 4.74 Å². The van der Waals surface area contributed by atoms with E-state index in [1.807, 2.05) is 12.3 Å². The van der Waals surface area contributed by atoms with E-state index in [1.54, 1.807) is 6.33 Å². The van der Waals surface area contributed by atoms with Gasteiger partial charge in [-0.05, 0) is 17.7 Å². The summed E-state index contributed by atoms with van der Waals surface area (Å²) >= 11 is 0. The molecule has 3 heterocycles. The van der Waals surface area contributed by atoms with Crippen LogP contribution in [0.3, 0.4) is 0 Å². The Morgan fingerprint density at radius 3 is 3.17 bits per heavy atom. The van der Waals surface area contributed by atoms with Gasteiger partial charge in [0.15, 0.2) is 0 Å². The van der Waals surface area contributed by atoms with Crippen molar-refractivity contribution in [2.75, 3.05) is 6.61 Å². The molecule has 88 valence electrons. The SMILES string of the molecule is c1cc2c(c(-c3ncnc4[nH]ccc34)c1)OCC2. The number of H-pyrrole nitrogens is 1. The highest BCUT2D eigenvalue weighted by molar-refractivity contribution is 5.92. The van der Waals surface area contributed by atoms with E-state index in [-0.39, 0.29) is 0 Å². The fraction of sp³-hybridized carbons (Fsp3) is 0.143. The zero-order chi connectivity index (χ0) is 11.9. The Kier molecular flexibility index (Phi) is 1.91. The van der Waals surface area contributed by atoms with Crippen LogP contribution in [0.25, 0.3) is 22.3 Å². The average Bonchev–Trinajstić information content (AvgIpc) is 3.06. The number of fused-ring (bicyclic) bond motifs is 2. The van der Waals surface area contributed by atoms with Crippen LogP contribution in [0.15, 0.2) is 36.8 Å². The van der Waals surface area contributed by atoms with E-state index in [9.17, 15) is 0 Å². The van der Waals surface area contributed by atoms with Gasteiger partial charge in [0.2, 0.25) is 0 Å². The molecular weight excluding hydrogens is 226 g/mol. The molecule has 3 aromatic rings. The molecule has 0 amide bonds. The third-order valence-corrected chi connectivity index (χ3v) is 3.32. The van der Waals surface area contributed by atoms with Crippen LogP contribution in [0.2, 0.25) is 0 Å². The normalized spacial score (nSPS) is 13.6. The number of hydrogen-bond donors (Lipinski definition) is 1. The van der Waals surface area contributed by atoms with Gasteiger partial charge in [0, 0.05) is 23.6 Å². The standard InChI is InChI=1S/C14H11N3O/c1-2-9-5-7-18-13(9)10(3-1)12-11-4-6-15-14(11)17-8-16-12/h1-4,6,8H,5,7H2,(H,15,16,17). The lowest BCUT2D eigenvalue weighted by atomic mass is 10.0. The van der Waals surface area contributed by atoms with Crippen LogP contribution in [0.1, 0.15) is 5.56 Å². The summed E-state index contributed by atoms with van der Waals surface area (Å²) < 4.78 is 5.74. The first-order valence-corrected chi connectivity index (χ1v) is 5.96. The van der Waals surface area contributed by atoms with Crippen LogP contribution in [0.5, 0.6) is 5.75 Å². The number of rotatable bonds is 1. The maximum absolute atomic E-state index is 5.74. The molecule has 1 N–H and O–H groups in total. The lowest BCUT2D eigenvalue weighted by Gasteiger charge is -2.07. The Balaban J connectivity index is 2.03. The molecule has 1 aliphatic heterocycles. The minimum atomic E-state index is 0.758. The zero-order valence-corrected chi connectivity index (χ0v) is 9.68. The Labute approximate surface area is 104 Å². The molecule has 2 aromatic heterocycles. The Bertz CT molecular complexity index is 733. The second kappa shape index (κ2) is 3.57. The van der Waals surface area contributed by atoms with Crippen LogP contribution < -0.4 is 4.74 Å². The van der Waals surface area contributed by atoms with Gasteiger partial charge in [-0.15, -0.1) is 0 Å². The van der Waals surface area contributed by atoms with Crippen molar-refractivity contribution in [2.45, 2.75) is 6.42 Å². The van der Waals surface area contributed by atoms with Crippen molar-refractivity contribution in [3.63, 3.8) is 0 Å². The molecule has 0 radical (unpaired) electrons. The lowest BCUT2D eigenvalue weighted by molar-refractivity contribution is 0.358. The molecule has 18 heavy (non-hydrogen) atoms. The van der Waals surface area contributed by atoms with Gasteiger partial charge in [-0.1, -0.05) is 12.1 Å². The van der Waals surface area contributed by atoms with E-state index < -0.39 is 0 Å². The van der Waals surface area contributed by atoms with Gasteiger partial charge >= 0.3 is 0 Å². The highest BCUT2D eigenvalue weighted by atomic mass is 16.5. The minimum absolute atomic E-state index is 0.758. The van der Waals surface area contributed by atoms with Crippen LogP contribution in [-0.4, -0.2) is 21.6 Å². The number of ether oxygens (including phenoxy) is 1. The first-order chi connectivity index (χ1) is 8.93. The molecule has 0 saturated heterocycles. The molecule has 1 aromatic carbocycles. The number of nitrogens with zero attached hydrogens (tertiary/aromatic N) is 2. The first-order valence-electron chi connectivity index (χ1n) is 5.96. The van der Waals surface area contributed by atoms with Crippen LogP contribution in [-0.2, 0) is 6.42 Å². The summed E-state index contributed by atoms with van der Waals surface area (Å²) in [4.78, 5) is 11.7. The highest BCUT2D eigenvalue weighted by Gasteiger charge is 2.19. The van der Waals surface area contributed by atoms with E-state index in [1.165, 1.54) is 5.56 Å². The molecular formula is C14H11N3O. The van der Waals surface area contributed by atoms with Gasteiger partial charge in [-0.25, -0.2) is 9.97 Å². The summed E-state index contributed by atoms with van der Waals surface area (Å²) in [6.45, 7) is 0.758. The summed E-state index contributed by atoms with van der Waals surface area (Å²) in [7, 11) is 0. The van der Waals surface area contributed by atoms with E-state index >= 15 is 0 Å². The monoisotopic (exact) mass is 237 g/mol. The molecule has 4 rings (SSSR count). The van der Waals surface area contributed by atoms with Gasteiger partial charge in [0.05, 0.1) is 12.3 Å². The van der Waals surface area contributed by atoms with E-state index in [0.29, 0.717) is 0 Å². The fourth-order valence-electron chi connectivity index (χ4n) is 2.49. The second-order valence-electron chi connectivity index (χ2n) is 4.35. The Morgan fingerprint density at radius 1 is 1.17 bits per heavy atom. The largest absolute Gasteiger partial charge is 0.492 e. The smallest absolute Gasteiger partial charge is 0.141 e. The van der Waals surface area contributed by atoms with Crippen molar-refractivity contribution in [1.82, 2.24) is 15.0 Å². The van der Waals surface area contributed by atoms with Crippen LogP contribution in [0, 0.1) is 0 Å². The van der Waals surface area contributed by atoms with Gasteiger partial charge in [-0.3, -0.25) is 0 Å². The molecule has 4 nitrogen and oxygen atoms in total. The van der Waals surface area contributed by atoms with Gasteiger partial charge < -0.3 is 9.72 Å². The second-order valence-corrected chi connectivity index (χ2v) is 4.35. The maximum Gasteiger partial charge on any atom is 0.141 e. The van der Waals surface area contributed by atoms with E-state index in [0.717, 1.165) is 41.1 Å². The fourth-order valence-corrected chi connectivity index (χ4v) is 2.49. The Hall–Kier alpha value is -2.36. The first kappa shape index (κ1) is 9.65. The molecule has 0 atom stereocenters. The molecule has 0 bridgehead atoms. The molecule has 1 aliphatic rings. The van der Waals surface area contributed by atoms with E-state index in [2.05, 4.69) is 33.2 Å². The number of hydrogen-bond acceptors (Lipinski definition) is 3. The summed E-state index contributed by atoms with van der Waals surface area (Å²) in [5.41, 5.74) is 4.10. The van der Waals surface area contributed by atoms with Crippen molar-refractivity contribution >= 4 is 11.0 Å². The van der Waals surface area contributed by atoms with Gasteiger partial charge in [-0.2, -0.15) is 0 Å². The minimum Gasteiger partial charge on any atom is -0.492 e. The summed E-state index contributed by atoms with van der Waals surface area (Å²) in [5, 5.41) is 1.03. The third-order valence-electron chi connectivity index (χ3n) is 3.32. The van der Waals surface area contributed by atoms with Crippen molar-refractivity contribution in [3.8, 4) is 17.0 Å². The summed E-state index contributed by atoms with van der Waals surface area (Å²) in [6, 6.07) is 8.22. The number of aromatic amines is 1. The lowest BCUT2D eigenvalue weighted by Crippen LogP contribution is -1.91. The van der Waals surface area contributed by atoms with Crippen molar-refractivity contribution in [2.24, 2.45) is 0 Å². The topological polar surface area (TPSA) is 50.8 Å². The third kappa shape index (κ3) is 1.26. The molecule has 0 spiro atoms. The molecule has 0 aliphatic carbocycles. The van der Waals surface area contributed by atoms with Gasteiger partial charge in [0.25, 0.3) is 0 Å². The highest BCUT2D eigenvalue weighted by Crippen LogP contribution is 2.37. The quantitative estimate of drug-likeness (QED) is 0.707. The van der Waals surface area contributed by atoms with Crippen LogP contribution >= 0.6 is 0 Å². The molecule has 0 fully saturated rings. The predicted octanol–water partition coefficient (Wildman–Crippen LogP) is 2.56. The maximum atomic E-state index is 5.74. The zero-order valence-electron chi connectivity index (χ0n) is 9.68. The number of nitrogens with one attached hydrogen (secondary N) is 1. The number of aromatic nitrogens is 3. The van der Waals surface area contributed by atoms with Crippen LogP contribution in [0.4, 0.5) is 0 Å².